The zero-order valence-corrected chi connectivity index (χ0v) is 9.09. The van der Waals surface area contributed by atoms with E-state index in [-0.39, 0.29) is 13.2 Å². The second kappa shape index (κ2) is 6.19. The third-order valence-corrected chi connectivity index (χ3v) is 2.05. The molecular weight excluding hydrogens is 210 g/mol. The van der Waals surface area contributed by atoms with Gasteiger partial charge in [0, 0.05) is 24.1 Å². The molecule has 1 heterocycles. The highest BCUT2D eigenvalue weighted by molar-refractivity contribution is 5.74. The van der Waals surface area contributed by atoms with Gasteiger partial charge in [-0.25, -0.2) is 4.79 Å². The highest BCUT2D eigenvalue weighted by Gasteiger charge is 2.20. The number of hydrogen-bond donors (Lipinski definition) is 2. The van der Waals surface area contributed by atoms with Crippen molar-refractivity contribution in [2.24, 2.45) is 0 Å². The molecule has 0 amide bonds. The summed E-state index contributed by atoms with van der Waals surface area (Å²) in [7, 11) is 0. The van der Waals surface area contributed by atoms with Crippen molar-refractivity contribution in [2.45, 2.75) is 19.4 Å². The average molecular weight is 225 g/mol. The third-order valence-electron chi connectivity index (χ3n) is 2.05. The van der Waals surface area contributed by atoms with Crippen molar-refractivity contribution < 1.29 is 19.7 Å². The molecule has 88 valence electrons. The molecule has 0 radical (unpaired) electrons. The number of ether oxygens (including phenoxy) is 1. The zero-order chi connectivity index (χ0) is 12.0. The molecule has 0 saturated heterocycles. The first kappa shape index (κ1) is 12.6. The van der Waals surface area contributed by atoms with E-state index in [1.165, 1.54) is 6.20 Å². The van der Waals surface area contributed by atoms with Crippen molar-refractivity contribution in [3.8, 4) is 0 Å². The summed E-state index contributed by atoms with van der Waals surface area (Å²) >= 11 is 0. The summed E-state index contributed by atoms with van der Waals surface area (Å²) in [4.78, 5) is 15.0. The van der Waals surface area contributed by atoms with E-state index in [9.17, 15) is 4.79 Å². The Kier molecular flexibility index (Phi) is 4.88. The third kappa shape index (κ3) is 3.60. The second-order valence-electron chi connectivity index (χ2n) is 3.40. The van der Waals surface area contributed by atoms with Crippen LogP contribution >= 0.6 is 0 Å². The van der Waals surface area contributed by atoms with Crippen LogP contribution in [0.3, 0.4) is 0 Å². The summed E-state index contributed by atoms with van der Waals surface area (Å²) < 4.78 is 5.17. The first-order chi connectivity index (χ1) is 7.65. The van der Waals surface area contributed by atoms with Gasteiger partial charge in [0.05, 0.1) is 6.61 Å². The molecule has 0 spiro atoms. The SMILES string of the molecule is Cc1ccc(C(OCCCO)C(=O)O)cn1. The second-order valence-corrected chi connectivity index (χ2v) is 3.40. The van der Waals surface area contributed by atoms with E-state index in [1.54, 1.807) is 12.1 Å². The van der Waals surface area contributed by atoms with Crippen LogP contribution in [0.25, 0.3) is 0 Å². The standard InChI is InChI=1S/C11H15NO4/c1-8-3-4-9(7-12-8)10(11(14)15)16-6-2-5-13/h3-4,7,10,13H,2,5-6H2,1H3,(H,14,15). The molecule has 1 aromatic heterocycles. The van der Waals surface area contributed by atoms with Crippen LogP contribution in [0.4, 0.5) is 0 Å². The molecule has 0 aliphatic heterocycles. The first-order valence-corrected chi connectivity index (χ1v) is 5.03. The Balaban J connectivity index is 2.69. The Bertz CT molecular complexity index is 336. The van der Waals surface area contributed by atoms with Crippen LogP contribution in [0, 0.1) is 6.92 Å². The van der Waals surface area contributed by atoms with E-state index in [4.69, 9.17) is 14.9 Å². The predicted molar refractivity (Wildman–Crippen MR) is 57.0 cm³/mol. The number of aliphatic hydroxyl groups is 1. The molecule has 5 heteroatoms. The molecule has 2 N–H and O–H groups in total. The van der Waals surface area contributed by atoms with Gasteiger partial charge in [-0.3, -0.25) is 4.98 Å². The first-order valence-electron chi connectivity index (χ1n) is 5.03. The lowest BCUT2D eigenvalue weighted by atomic mass is 10.1. The number of rotatable bonds is 6. The Labute approximate surface area is 93.7 Å². The number of aryl methyl sites for hydroxylation is 1. The summed E-state index contributed by atoms with van der Waals surface area (Å²) in [5, 5.41) is 17.6. The monoisotopic (exact) mass is 225 g/mol. The number of nitrogens with zero attached hydrogens (tertiary/aromatic N) is 1. The van der Waals surface area contributed by atoms with Gasteiger partial charge in [0.15, 0.2) is 6.10 Å². The minimum absolute atomic E-state index is 0.0154. The molecule has 0 aromatic carbocycles. The smallest absolute Gasteiger partial charge is 0.337 e. The molecular formula is C11H15NO4. The molecule has 0 aliphatic carbocycles. The number of carbonyl (C=O) groups is 1. The lowest BCUT2D eigenvalue weighted by molar-refractivity contribution is -0.151. The van der Waals surface area contributed by atoms with Gasteiger partial charge in [0.2, 0.25) is 0 Å². The number of carboxylic acid groups (broad SMARTS) is 1. The van der Waals surface area contributed by atoms with E-state index < -0.39 is 12.1 Å². The highest BCUT2D eigenvalue weighted by atomic mass is 16.5. The van der Waals surface area contributed by atoms with Crippen molar-refractivity contribution in [1.82, 2.24) is 4.98 Å². The molecule has 1 aromatic rings. The lowest BCUT2D eigenvalue weighted by Gasteiger charge is -2.13. The zero-order valence-electron chi connectivity index (χ0n) is 9.09. The number of hydrogen-bond acceptors (Lipinski definition) is 4. The van der Waals surface area contributed by atoms with E-state index in [0.717, 1.165) is 5.69 Å². The summed E-state index contributed by atoms with van der Waals surface area (Å²) in [6.45, 7) is 2.02. The van der Waals surface area contributed by atoms with Gasteiger partial charge in [-0.15, -0.1) is 0 Å². The molecule has 1 unspecified atom stereocenters. The Hall–Kier alpha value is -1.46. The number of aliphatic hydroxyl groups excluding tert-OH is 1. The molecule has 0 fully saturated rings. The minimum atomic E-state index is -1.05. The van der Waals surface area contributed by atoms with Crippen LogP contribution in [-0.4, -0.2) is 34.4 Å². The van der Waals surface area contributed by atoms with Crippen LogP contribution in [0.15, 0.2) is 18.3 Å². The summed E-state index contributed by atoms with van der Waals surface area (Å²) in [5.41, 5.74) is 1.33. The average Bonchev–Trinajstić information content (AvgIpc) is 2.26. The predicted octanol–water partition coefficient (Wildman–Crippen LogP) is 0.915. The molecule has 1 atom stereocenters. The largest absolute Gasteiger partial charge is 0.479 e. The van der Waals surface area contributed by atoms with Gasteiger partial charge in [-0.2, -0.15) is 0 Å². The maximum absolute atomic E-state index is 11.0. The highest BCUT2D eigenvalue weighted by Crippen LogP contribution is 2.17. The molecule has 0 bridgehead atoms. The number of carboxylic acids is 1. The van der Waals surface area contributed by atoms with Crippen LogP contribution < -0.4 is 0 Å². The van der Waals surface area contributed by atoms with Crippen molar-refractivity contribution >= 4 is 5.97 Å². The van der Waals surface area contributed by atoms with Gasteiger partial charge >= 0.3 is 5.97 Å². The van der Waals surface area contributed by atoms with Crippen molar-refractivity contribution in [1.29, 1.82) is 0 Å². The molecule has 1 rings (SSSR count). The van der Waals surface area contributed by atoms with Gasteiger partial charge in [-0.05, 0) is 19.4 Å². The molecule has 0 aliphatic rings. The fourth-order valence-electron chi connectivity index (χ4n) is 1.21. The van der Waals surface area contributed by atoms with Gasteiger partial charge in [0.1, 0.15) is 0 Å². The summed E-state index contributed by atoms with van der Waals surface area (Å²) in [6, 6.07) is 3.42. The van der Waals surface area contributed by atoms with Crippen molar-refractivity contribution in [3.63, 3.8) is 0 Å². The minimum Gasteiger partial charge on any atom is -0.479 e. The van der Waals surface area contributed by atoms with Crippen LogP contribution in [0.1, 0.15) is 23.8 Å². The van der Waals surface area contributed by atoms with E-state index >= 15 is 0 Å². The Morgan fingerprint density at radius 3 is 2.81 bits per heavy atom. The topological polar surface area (TPSA) is 79.7 Å². The van der Waals surface area contributed by atoms with Gasteiger partial charge in [-0.1, -0.05) is 6.07 Å². The van der Waals surface area contributed by atoms with Crippen molar-refractivity contribution in [3.05, 3.63) is 29.6 Å². The van der Waals surface area contributed by atoms with Crippen molar-refractivity contribution in [2.75, 3.05) is 13.2 Å². The number of pyridine rings is 1. The number of aromatic nitrogens is 1. The van der Waals surface area contributed by atoms with Crippen LogP contribution in [0.5, 0.6) is 0 Å². The lowest BCUT2D eigenvalue weighted by Crippen LogP contribution is -2.16. The maximum Gasteiger partial charge on any atom is 0.337 e. The van der Waals surface area contributed by atoms with E-state index in [0.29, 0.717) is 12.0 Å². The van der Waals surface area contributed by atoms with E-state index in [1.807, 2.05) is 6.92 Å². The Morgan fingerprint density at radius 1 is 1.56 bits per heavy atom. The summed E-state index contributed by atoms with van der Waals surface area (Å²) in [5.74, 6) is -1.05. The van der Waals surface area contributed by atoms with Gasteiger partial charge < -0.3 is 14.9 Å². The van der Waals surface area contributed by atoms with Crippen LogP contribution in [-0.2, 0) is 9.53 Å². The fraction of sp³-hybridized carbons (Fsp3) is 0.455. The Morgan fingerprint density at radius 2 is 2.31 bits per heavy atom. The maximum atomic E-state index is 11.0. The molecule has 16 heavy (non-hydrogen) atoms. The number of aliphatic carboxylic acids is 1. The normalized spacial score (nSPS) is 12.4. The van der Waals surface area contributed by atoms with Crippen LogP contribution in [0.2, 0.25) is 0 Å². The summed E-state index contributed by atoms with van der Waals surface area (Å²) in [6.07, 6.45) is 0.899. The van der Waals surface area contributed by atoms with Gasteiger partial charge in [0.25, 0.3) is 0 Å². The molecule has 0 saturated carbocycles. The van der Waals surface area contributed by atoms with E-state index in [2.05, 4.69) is 4.98 Å². The fourth-order valence-corrected chi connectivity index (χ4v) is 1.21. The quantitative estimate of drug-likeness (QED) is 0.703. The molecule has 5 nitrogen and oxygen atoms in total.